The third-order valence-electron chi connectivity index (χ3n) is 4.10. The molecule has 0 spiro atoms. The molecular weight excluding hydrogens is 364 g/mol. The summed E-state index contributed by atoms with van der Waals surface area (Å²) in [5.74, 6) is 0.449. The van der Waals surface area contributed by atoms with E-state index in [0.717, 1.165) is 11.1 Å². The van der Waals surface area contributed by atoms with E-state index in [1.807, 2.05) is 32.0 Å². The van der Waals surface area contributed by atoms with Crippen LogP contribution in [0.3, 0.4) is 0 Å². The van der Waals surface area contributed by atoms with Crippen LogP contribution in [0.15, 0.2) is 30.3 Å². The highest BCUT2D eigenvalue weighted by Gasteiger charge is 2.26. The Hall–Kier alpha value is -2.60. The lowest BCUT2D eigenvalue weighted by Gasteiger charge is -2.24. The Morgan fingerprint density at radius 1 is 1.19 bits per heavy atom. The minimum atomic E-state index is -0.507. The number of ether oxygens (including phenoxy) is 1. The first-order chi connectivity index (χ1) is 12.7. The van der Waals surface area contributed by atoms with Gasteiger partial charge in [-0.3, -0.25) is 0 Å². The molecule has 3 rings (SSSR count). The third-order valence-corrected chi connectivity index (χ3v) is 4.33. The van der Waals surface area contributed by atoms with E-state index in [-0.39, 0.29) is 5.41 Å². The van der Waals surface area contributed by atoms with Gasteiger partial charge in [0.25, 0.3) is 0 Å². The van der Waals surface area contributed by atoms with Crippen molar-refractivity contribution in [2.45, 2.75) is 40.0 Å². The molecule has 6 nitrogen and oxygen atoms in total. The van der Waals surface area contributed by atoms with E-state index in [0.29, 0.717) is 34.0 Å². The van der Waals surface area contributed by atoms with Crippen molar-refractivity contribution in [1.82, 2.24) is 20.3 Å². The molecule has 3 aromatic rings. The molecule has 0 unspecified atom stereocenters. The van der Waals surface area contributed by atoms with Crippen molar-refractivity contribution < 1.29 is 9.53 Å². The molecule has 7 heteroatoms. The Kier molecular flexibility index (Phi) is 5.11. The van der Waals surface area contributed by atoms with Gasteiger partial charge in [0.05, 0.1) is 0 Å². The van der Waals surface area contributed by atoms with Crippen LogP contribution in [0.25, 0.3) is 16.7 Å². The molecule has 0 bridgehead atoms. The van der Waals surface area contributed by atoms with Gasteiger partial charge in [-0.2, -0.15) is 0 Å². The van der Waals surface area contributed by atoms with E-state index < -0.39 is 6.09 Å². The highest BCUT2D eigenvalue weighted by Crippen LogP contribution is 2.37. The van der Waals surface area contributed by atoms with Crippen LogP contribution in [0.2, 0.25) is 5.02 Å². The fraction of sp³-hybridized carbons (Fsp3) is 0.350. The highest BCUT2D eigenvalue weighted by atomic mass is 35.5. The number of aryl methyl sites for hydroxylation is 1. The summed E-state index contributed by atoms with van der Waals surface area (Å²) in [4.78, 5) is 13.7. The van der Waals surface area contributed by atoms with Gasteiger partial charge in [0, 0.05) is 17.1 Å². The molecule has 0 fully saturated rings. The zero-order valence-corrected chi connectivity index (χ0v) is 16.9. The molecule has 0 atom stereocenters. The van der Waals surface area contributed by atoms with Gasteiger partial charge in [-0.05, 0) is 49.1 Å². The second-order valence-electron chi connectivity index (χ2n) is 7.45. The van der Waals surface area contributed by atoms with Crippen molar-refractivity contribution in [3.05, 3.63) is 46.5 Å². The molecule has 1 amide bonds. The minimum absolute atomic E-state index is 0.238. The summed E-state index contributed by atoms with van der Waals surface area (Å²) in [7, 11) is 0. The van der Waals surface area contributed by atoms with Crippen LogP contribution >= 0.6 is 11.6 Å². The highest BCUT2D eigenvalue weighted by molar-refractivity contribution is 6.31. The number of benzene rings is 2. The number of amides is 1. The summed E-state index contributed by atoms with van der Waals surface area (Å²) in [6.07, 6.45) is -0.507. The van der Waals surface area contributed by atoms with Crippen LogP contribution in [0.5, 0.6) is 5.75 Å². The smallest absolute Gasteiger partial charge is 0.408 e. The molecule has 0 radical (unpaired) electrons. The predicted molar refractivity (Wildman–Crippen MR) is 107 cm³/mol. The summed E-state index contributed by atoms with van der Waals surface area (Å²) in [6, 6.07) is 9.27. The van der Waals surface area contributed by atoms with Gasteiger partial charge in [0.1, 0.15) is 16.7 Å². The number of fused-ring (bicyclic) bond motifs is 1. The maximum atomic E-state index is 12.2. The first-order valence-electron chi connectivity index (χ1n) is 8.83. The zero-order valence-electron chi connectivity index (χ0n) is 16.1. The minimum Gasteiger partial charge on any atom is -0.408 e. The maximum Gasteiger partial charge on any atom is 0.412 e. The fourth-order valence-electron chi connectivity index (χ4n) is 2.84. The summed E-state index contributed by atoms with van der Waals surface area (Å²) in [5, 5.41) is 12.3. The quantitative estimate of drug-likeness (QED) is 0.702. The summed E-state index contributed by atoms with van der Waals surface area (Å²) in [5.41, 5.74) is 3.69. The number of hydrogen-bond acceptors (Lipinski definition) is 4. The molecule has 0 saturated heterocycles. The van der Waals surface area contributed by atoms with Gasteiger partial charge < -0.3 is 10.1 Å². The summed E-state index contributed by atoms with van der Waals surface area (Å²) >= 11 is 6.06. The van der Waals surface area contributed by atoms with Crippen LogP contribution in [0.4, 0.5) is 4.79 Å². The molecular formula is C20H23ClN4O2. The van der Waals surface area contributed by atoms with E-state index in [2.05, 4.69) is 36.3 Å². The number of halogens is 1. The number of carbonyl (C=O) groups is 1. The third kappa shape index (κ3) is 4.06. The first-order valence-corrected chi connectivity index (χ1v) is 9.20. The Labute approximate surface area is 163 Å². The van der Waals surface area contributed by atoms with Crippen molar-refractivity contribution in [1.29, 1.82) is 0 Å². The SMILES string of the molecule is CCNC(=O)Oc1c(-n2nc3ccc(Cl)cc3n2)cc(C)cc1C(C)(C)C. The van der Waals surface area contributed by atoms with Crippen molar-refractivity contribution in [2.24, 2.45) is 0 Å². The van der Waals surface area contributed by atoms with Crippen LogP contribution < -0.4 is 10.1 Å². The fourth-order valence-corrected chi connectivity index (χ4v) is 3.00. The Morgan fingerprint density at radius 2 is 1.89 bits per heavy atom. The average Bonchev–Trinajstić information content (AvgIpc) is 2.98. The van der Waals surface area contributed by atoms with Gasteiger partial charge >= 0.3 is 6.09 Å². The van der Waals surface area contributed by atoms with Gasteiger partial charge in [-0.25, -0.2) is 4.79 Å². The molecule has 142 valence electrons. The van der Waals surface area contributed by atoms with Gasteiger partial charge in [0.15, 0.2) is 5.75 Å². The molecule has 27 heavy (non-hydrogen) atoms. The molecule has 0 aliphatic rings. The second kappa shape index (κ2) is 7.19. The summed E-state index contributed by atoms with van der Waals surface area (Å²) < 4.78 is 5.70. The molecule has 0 aliphatic heterocycles. The number of rotatable bonds is 3. The lowest BCUT2D eigenvalue weighted by molar-refractivity contribution is 0.200. The second-order valence-corrected chi connectivity index (χ2v) is 7.89. The number of aromatic nitrogens is 3. The first kappa shape index (κ1) is 19.2. The molecule has 0 aliphatic carbocycles. The van der Waals surface area contributed by atoms with Crippen LogP contribution in [0.1, 0.15) is 38.8 Å². The van der Waals surface area contributed by atoms with Gasteiger partial charge in [0.2, 0.25) is 0 Å². The number of carbonyl (C=O) groups excluding carboxylic acids is 1. The number of nitrogens with one attached hydrogen (secondary N) is 1. The maximum absolute atomic E-state index is 12.2. The standard InChI is InChI=1S/C20H23ClN4O2/c1-6-22-19(26)27-18-14(20(3,4)5)9-12(2)10-17(18)25-23-15-8-7-13(21)11-16(15)24-25/h7-11H,6H2,1-5H3,(H,22,26). The topological polar surface area (TPSA) is 69.0 Å². The monoisotopic (exact) mass is 386 g/mol. The molecule has 1 aromatic heterocycles. The number of nitrogens with zero attached hydrogens (tertiary/aromatic N) is 3. The van der Waals surface area contributed by atoms with Crippen molar-refractivity contribution in [3.63, 3.8) is 0 Å². The normalized spacial score (nSPS) is 11.6. The molecule has 1 N–H and O–H groups in total. The Morgan fingerprint density at radius 3 is 2.56 bits per heavy atom. The van der Waals surface area contributed by atoms with Crippen LogP contribution in [-0.4, -0.2) is 27.6 Å². The van der Waals surface area contributed by atoms with Gasteiger partial charge in [-0.1, -0.05) is 38.4 Å². The predicted octanol–water partition coefficient (Wildman–Crippen LogP) is 4.79. The van der Waals surface area contributed by atoms with Crippen molar-refractivity contribution in [3.8, 4) is 11.4 Å². The van der Waals surface area contributed by atoms with Crippen LogP contribution in [0, 0.1) is 6.92 Å². The lowest BCUT2D eigenvalue weighted by atomic mass is 9.85. The van der Waals surface area contributed by atoms with Crippen LogP contribution in [-0.2, 0) is 5.41 Å². The average molecular weight is 387 g/mol. The molecule has 1 heterocycles. The molecule has 0 saturated carbocycles. The van der Waals surface area contributed by atoms with Crippen molar-refractivity contribution in [2.75, 3.05) is 6.54 Å². The lowest BCUT2D eigenvalue weighted by Crippen LogP contribution is -2.28. The molecule has 2 aromatic carbocycles. The van der Waals surface area contributed by atoms with E-state index in [9.17, 15) is 4.79 Å². The van der Waals surface area contributed by atoms with Gasteiger partial charge in [-0.15, -0.1) is 15.0 Å². The van der Waals surface area contributed by atoms with E-state index in [1.54, 1.807) is 12.1 Å². The zero-order chi connectivity index (χ0) is 19.8. The largest absolute Gasteiger partial charge is 0.412 e. The van der Waals surface area contributed by atoms with E-state index >= 15 is 0 Å². The van der Waals surface area contributed by atoms with Crippen molar-refractivity contribution >= 4 is 28.7 Å². The summed E-state index contributed by atoms with van der Waals surface area (Å²) in [6.45, 7) is 10.5. The van der Waals surface area contributed by atoms with E-state index in [1.165, 1.54) is 4.80 Å². The van der Waals surface area contributed by atoms with E-state index in [4.69, 9.17) is 16.3 Å². The number of hydrogen-bond donors (Lipinski definition) is 1. The Bertz CT molecular complexity index is 1010. The Balaban J connectivity index is 2.22.